The van der Waals surface area contributed by atoms with Crippen molar-refractivity contribution in [2.75, 3.05) is 6.54 Å². The second-order valence-electron chi connectivity index (χ2n) is 4.65. The van der Waals surface area contributed by atoms with E-state index >= 15 is 0 Å². The van der Waals surface area contributed by atoms with Crippen LogP contribution in [0, 0.1) is 25.5 Å². The molecule has 0 aliphatic heterocycles. The van der Waals surface area contributed by atoms with Gasteiger partial charge >= 0.3 is 0 Å². The van der Waals surface area contributed by atoms with Crippen LogP contribution in [0.2, 0.25) is 0 Å². The minimum absolute atomic E-state index is 0.0350. The Labute approximate surface area is 121 Å². The summed E-state index contributed by atoms with van der Waals surface area (Å²) in [5.41, 5.74) is 0.909. The highest BCUT2D eigenvalue weighted by Gasteiger charge is 2.21. The third-order valence-corrected chi connectivity index (χ3v) is 4.75. The van der Waals surface area contributed by atoms with E-state index in [2.05, 4.69) is 14.9 Å². The number of sulfonamides is 1. The number of hydrogen-bond acceptors (Lipinski definition) is 3. The molecule has 0 unspecified atom stereocenters. The summed E-state index contributed by atoms with van der Waals surface area (Å²) in [6, 6.07) is 3.09. The summed E-state index contributed by atoms with van der Waals surface area (Å²) in [5, 5.41) is 6.41. The normalized spacial score (nSPS) is 11.8. The molecule has 2 rings (SSSR count). The van der Waals surface area contributed by atoms with Crippen LogP contribution >= 0.6 is 0 Å². The van der Waals surface area contributed by atoms with Crippen LogP contribution in [0.15, 0.2) is 23.1 Å². The fraction of sp³-hybridized carbons (Fsp3) is 0.308. The van der Waals surface area contributed by atoms with E-state index in [0.29, 0.717) is 11.4 Å². The highest BCUT2D eigenvalue weighted by atomic mass is 32.2. The first-order valence-electron chi connectivity index (χ1n) is 6.26. The van der Waals surface area contributed by atoms with Gasteiger partial charge in [0, 0.05) is 6.54 Å². The van der Waals surface area contributed by atoms with E-state index in [1.807, 2.05) is 0 Å². The summed E-state index contributed by atoms with van der Waals surface area (Å²) in [6.07, 6.45) is 0.0543. The summed E-state index contributed by atoms with van der Waals surface area (Å²) in [7, 11) is -3.73. The number of nitrogens with one attached hydrogen (secondary N) is 2. The van der Waals surface area contributed by atoms with Crippen molar-refractivity contribution in [2.24, 2.45) is 0 Å². The molecule has 114 valence electrons. The van der Waals surface area contributed by atoms with E-state index in [1.54, 1.807) is 13.8 Å². The fourth-order valence-electron chi connectivity index (χ4n) is 2.06. The Bertz CT molecular complexity index is 737. The molecule has 0 bridgehead atoms. The molecule has 0 spiro atoms. The van der Waals surface area contributed by atoms with Crippen molar-refractivity contribution in [1.82, 2.24) is 14.9 Å². The van der Waals surface area contributed by atoms with E-state index in [9.17, 15) is 17.2 Å². The first kappa shape index (κ1) is 15.6. The standard InChI is InChI=1S/C13H15F2N3O2S/c1-8-13(9(2)18-17-8)21(19,20)16-6-5-10-7-11(14)3-4-12(10)15/h3-4,7,16H,5-6H2,1-2H3,(H,17,18). The average Bonchev–Trinajstić information content (AvgIpc) is 2.73. The quantitative estimate of drug-likeness (QED) is 0.884. The summed E-state index contributed by atoms with van der Waals surface area (Å²) < 4.78 is 53.1. The molecule has 0 saturated carbocycles. The Hall–Kier alpha value is -1.80. The first-order chi connectivity index (χ1) is 9.81. The second kappa shape index (κ2) is 5.90. The van der Waals surface area contributed by atoms with E-state index in [-0.39, 0.29) is 23.4 Å². The molecule has 5 nitrogen and oxygen atoms in total. The van der Waals surface area contributed by atoms with Crippen LogP contribution in [0.4, 0.5) is 8.78 Å². The van der Waals surface area contributed by atoms with Crippen molar-refractivity contribution >= 4 is 10.0 Å². The van der Waals surface area contributed by atoms with Gasteiger partial charge in [-0.05, 0) is 44.0 Å². The summed E-state index contributed by atoms with van der Waals surface area (Å²) in [4.78, 5) is 0.0854. The predicted octanol–water partition coefficient (Wildman–Crippen LogP) is 1.83. The molecule has 0 fully saturated rings. The monoisotopic (exact) mass is 315 g/mol. The highest BCUT2D eigenvalue weighted by Crippen LogP contribution is 2.16. The van der Waals surface area contributed by atoms with Crippen molar-refractivity contribution in [1.29, 1.82) is 0 Å². The minimum atomic E-state index is -3.73. The van der Waals surface area contributed by atoms with Crippen molar-refractivity contribution in [3.8, 4) is 0 Å². The number of aromatic amines is 1. The maximum absolute atomic E-state index is 13.4. The number of aryl methyl sites for hydroxylation is 2. The maximum atomic E-state index is 13.4. The zero-order chi connectivity index (χ0) is 15.6. The maximum Gasteiger partial charge on any atom is 0.244 e. The summed E-state index contributed by atoms with van der Waals surface area (Å²) in [5.74, 6) is -1.12. The summed E-state index contributed by atoms with van der Waals surface area (Å²) in [6.45, 7) is 3.14. The molecule has 0 aliphatic carbocycles. The highest BCUT2D eigenvalue weighted by molar-refractivity contribution is 7.89. The second-order valence-corrected chi connectivity index (χ2v) is 6.35. The number of aromatic nitrogens is 2. The Morgan fingerprint density at radius 3 is 2.62 bits per heavy atom. The van der Waals surface area contributed by atoms with Gasteiger partial charge in [-0.15, -0.1) is 0 Å². The zero-order valence-corrected chi connectivity index (χ0v) is 12.4. The van der Waals surface area contributed by atoms with E-state index in [4.69, 9.17) is 0 Å². The molecule has 2 aromatic rings. The van der Waals surface area contributed by atoms with Crippen LogP contribution < -0.4 is 4.72 Å². The fourth-order valence-corrected chi connectivity index (χ4v) is 3.46. The smallest absolute Gasteiger partial charge is 0.244 e. The molecule has 0 aliphatic rings. The Morgan fingerprint density at radius 1 is 1.29 bits per heavy atom. The van der Waals surface area contributed by atoms with Gasteiger partial charge < -0.3 is 0 Å². The summed E-state index contributed by atoms with van der Waals surface area (Å²) >= 11 is 0. The van der Waals surface area contributed by atoms with Gasteiger partial charge in [-0.1, -0.05) is 0 Å². The average molecular weight is 315 g/mol. The van der Waals surface area contributed by atoms with Crippen molar-refractivity contribution in [3.63, 3.8) is 0 Å². The number of halogens is 2. The lowest BCUT2D eigenvalue weighted by atomic mass is 10.1. The topological polar surface area (TPSA) is 74.8 Å². The molecular weight excluding hydrogens is 300 g/mol. The molecule has 21 heavy (non-hydrogen) atoms. The lowest BCUT2D eigenvalue weighted by molar-refractivity contribution is 0.571. The van der Waals surface area contributed by atoms with Crippen molar-refractivity contribution in [3.05, 3.63) is 46.8 Å². The van der Waals surface area contributed by atoms with Gasteiger partial charge in [-0.2, -0.15) is 5.10 Å². The van der Waals surface area contributed by atoms with Crippen LogP contribution in [0.5, 0.6) is 0 Å². The molecule has 1 aromatic heterocycles. The number of hydrogen-bond donors (Lipinski definition) is 2. The zero-order valence-electron chi connectivity index (χ0n) is 11.6. The molecule has 0 amide bonds. The largest absolute Gasteiger partial charge is 0.281 e. The van der Waals surface area contributed by atoms with Crippen molar-refractivity contribution in [2.45, 2.75) is 25.2 Å². The molecule has 0 saturated heterocycles. The van der Waals surface area contributed by atoms with E-state index in [0.717, 1.165) is 18.2 Å². The van der Waals surface area contributed by atoms with Crippen LogP contribution in [-0.4, -0.2) is 25.2 Å². The lowest BCUT2D eigenvalue weighted by Gasteiger charge is -2.07. The molecule has 8 heteroatoms. The van der Waals surface area contributed by atoms with Gasteiger partial charge in [0.25, 0.3) is 0 Å². The van der Waals surface area contributed by atoms with Crippen molar-refractivity contribution < 1.29 is 17.2 Å². The number of rotatable bonds is 5. The third kappa shape index (κ3) is 3.45. The van der Waals surface area contributed by atoms with Gasteiger partial charge in [0.2, 0.25) is 10.0 Å². The number of H-pyrrole nitrogens is 1. The third-order valence-electron chi connectivity index (χ3n) is 3.02. The number of benzene rings is 1. The van der Waals surface area contributed by atoms with E-state index in [1.165, 1.54) is 0 Å². The molecule has 1 heterocycles. The Morgan fingerprint density at radius 2 is 2.00 bits per heavy atom. The Kier molecular flexibility index (Phi) is 4.38. The van der Waals surface area contributed by atoms with Gasteiger partial charge in [0.1, 0.15) is 16.5 Å². The van der Waals surface area contributed by atoms with Crippen LogP contribution in [-0.2, 0) is 16.4 Å². The predicted molar refractivity (Wildman–Crippen MR) is 73.3 cm³/mol. The number of nitrogens with zero attached hydrogens (tertiary/aromatic N) is 1. The molecule has 1 aromatic carbocycles. The first-order valence-corrected chi connectivity index (χ1v) is 7.75. The van der Waals surface area contributed by atoms with Crippen LogP contribution in [0.3, 0.4) is 0 Å². The molecule has 0 radical (unpaired) electrons. The molecule has 2 N–H and O–H groups in total. The molecular formula is C13H15F2N3O2S. The lowest BCUT2D eigenvalue weighted by Crippen LogP contribution is -2.27. The minimum Gasteiger partial charge on any atom is -0.281 e. The van der Waals surface area contributed by atoms with E-state index < -0.39 is 21.7 Å². The van der Waals surface area contributed by atoms with Gasteiger partial charge in [-0.25, -0.2) is 21.9 Å². The Balaban J connectivity index is 2.08. The van der Waals surface area contributed by atoms with Gasteiger partial charge in [-0.3, -0.25) is 5.10 Å². The van der Waals surface area contributed by atoms with Crippen LogP contribution in [0.1, 0.15) is 17.0 Å². The van der Waals surface area contributed by atoms with Gasteiger partial charge in [0.15, 0.2) is 0 Å². The SMILES string of the molecule is Cc1n[nH]c(C)c1S(=O)(=O)NCCc1cc(F)ccc1F. The molecule has 0 atom stereocenters. The van der Waals surface area contributed by atoms with Gasteiger partial charge in [0.05, 0.1) is 11.4 Å². The van der Waals surface area contributed by atoms with Crippen LogP contribution in [0.25, 0.3) is 0 Å².